The second kappa shape index (κ2) is 4.10. The molecule has 1 unspecified atom stereocenters. The van der Waals surface area contributed by atoms with Crippen molar-refractivity contribution in [2.24, 2.45) is 4.99 Å². The summed E-state index contributed by atoms with van der Waals surface area (Å²) in [5.41, 5.74) is 2.00. The zero-order valence-electron chi connectivity index (χ0n) is 10.7. The fourth-order valence-corrected chi connectivity index (χ4v) is 2.45. The first-order chi connectivity index (χ1) is 10.1. The number of ketones is 2. The van der Waals surface area contributed by atoms with Crippen LogP contribution in [0, 0.1) is 0 Å². The Morgan fingerprint density at radius 1 is 1.14 bits per heavy atom. The number of carbonyl (C=O) groups excluding carboxylic acids is 2. The second-order valence-electron chi connectivity index (χ2n) is 4.86. The molecule has 5 heteroatoms. The number of hydrogen-bond acceptors (Lipinski definition) is 5. The third kappa shape index (κ3) is 1.64. The van der Waals surface area contributed by atoms with Crippen LogP contribution in [-0.2, 0) is 9.59 Å². The first-order valence-corrected chi connectivity index (χ1v) is 6.42. The first-order valence-electron chi connectivity index (χ1n) is 6.42. The van der Waals surface area contributed by atoms with Crippen molar-refractivity contribution in [2.45, 2.75) is 6.10 Å². The van der Waals surface area contributed by atoms with E-state index in [4.69, 9.17) is 4.74 Å². The molecular weight excluding hydrogens is 270 g/mol. The fraction of sp³-hybridized carbons (Fsp3) is 0.0625. The number of fused-ring (bicyclic) bond motifs is 3. The van der Waals surface area contributed by atoms with Gasteiger partial charge in [0.15, 0.2) is 5.75 Å². The molecule has 1 atom stereocenters. The Hall–Kier alpha value is -2.79. The average Bonchev–Trinajstić information content (AvgIpc) is 2.45. The van der Waals surface area contributed by atoms with Gasteiger partial charge in [-0.2, -0.15) is 0 Å². The topological polar surface area (TPSA) is 76.0 Å². The number of carbonyl (C=O) groups is 2. The van der Waals surface area contributed by atoms with Crippen LogP contribution in [0.2, 0.25) is 0 Å². The third-order valence-corrected chi connectivity index (χ3v) is 3.55. The molecule has 0 aromatic heterocycles. The summed E-state index contributed by atoms with van der Waals surface area (Å²) < 4.78 is 5.71. The molecule has 1 aromatic carbocycles. The largest absolute Gasteiger partial charge is 0.455 e. The molecule has 102 valence electrons. The predicted molar refractivity (Wildman–Crippen MR) is 74.4 cm³/mol. The maximum absolute atomic E-state index is 12.2. The molecule has 0 saturated heterocycles. The molecular formula is C16H9NO4. The summed E-state index contributed by atoms with van der Waals surface area (Å²) in [6, 6.07) is 7.13. The van der Waals surface area contributed by atoms with Gasteiger partial charge >= 0.3 is 0 Å². The summed E-state index contributed by atoms with van der Waals surface area (Å²) in [4.78, 5) is 28.3. The molecule has 0 radical (unpaired) electrons. The number of allylic oxidation sites excluding steroid dienone is 4. The van der Waals surface area contributed by atoms with Crippen LogP contribution < -0.4 is 4.74 Å². The summed E-state index contributed by atoms with van der Waals surface area (Å²) in [5, 5.41) is 9.67. The van der Waals surface area contributed by atoms with Gasteiger partial charge in [-0.1, -0.05) is 12.1 Å². The highest BCUT2D eigenvalue weighted by atomic mass is 16.5. The molecule has 3 aliphatic rings. The van der Waals surface area contributed by atoms with Gasteiger partial charge in [0.2, 0.25) is 11.6 Å². The Kier molecular flexibility index (Phi) is 2.34. The van der Waals surface area contributed by atoms with Crippen LogP contribution in [0.15, 0.2) is 64.4 Å². The monoisotopic (exact) mass is 279 g/mol. The predicted octanol–water partition coefficient (Wildman–Crippen LogP) is 1.41. The van der Waals surface area contributed by atoms with Gasteiger partial charge in [-0.3, -0.25) is 9.59 Å². The highest BCUT2D eigenvalue weighted by Crippen LogP contribution is 2.38. The molecule has 1 aromatic rings. The van der Waals surface area contributed by atoms with Crippen LogP contribution >= 0.6 is 0 Å². The van der Waals surface area contributed by atoms with E-state index in [0.717, 1.165) is 0 Å². The Morgan fingerprint density at radius 3 is 2.71 bits per heavy atom. The molecule has 21 heavy (non-hydrogen) atoms. The van der Waals surface area contributed by atoms with Crippen LogP contribution in [-0.4, -0.2) is 28.5 Å². The van der Waals surface area contributed by atoms with Crippen LogP contribution in [0.3, 0.4) is 0 Å². The average molecular weight is 279 g/mol. The summed E-state index contributed by atoms with van der Waals surface area (Å²) in [6.07, 6.45) is 3.28. The minimum absolute atomic E-state index is 0.168. The van der Waals surface area contributed by atoms with E-state index in [0.29, 0.717) is 22.7 Å². The van der Waals surface area contributed by atoms with Crippen molar-refractivity contribution in [3.63, 3.8) is 0 Å². The summed E-state index contributed by atoms with van der Waals surface area (Å²) in [5.74, 6) is -0.918. The lowest BCUT2D eigenvalue weighted by Crippen LogP contribution is -2.36. The van der Waals surface area contributed by atoms with E-state index in [2.05, 4.69) is 4.99 Å². The number of para-hydroxylation sites is 2. The molecule has 0 fully saturated rings. The highest BCUT2D eigenvalue weighted by molar-refractivity contribution is 6.49. The molecule has 0 bridgehead atoms. The third-order valence-electron chi connectivity index (χ3n) is 3.55. The normalized spacial score (nSPS) is 26.2. The quantitative estimate of drug-likeness (QED) is 0.729. The molecule has 2 aliphatic carbocycles. The van der Waals surface area contributed by atoms with E-state index in [1.54, 1.807) is 30.4 Å². The SMILES string of the molecule is O=C1C(=O)C(O)C=C2Oc3ccccc3N=C3C=C/C3=C\12. The molecule has 1 aliphatic heterocycles. The molecule has 0 saturated carbocycles. The fourth-order valence-electron chi connectivity index (χ4n) is 2.45. The number of ether oxygens (including phenoxy) is 1. The van der Waals surface area contributed by atoms with Crippen molar-refractivity contribution in [2.75, 3.05) is 0 Å². The van der Waals surface area contributed by atoms with Crippen molar-refractivity contribution in [3.8, 4) is 5.75 Å². The summed E-state index contributed by atoms with van der Waals surface area (Å²) in [6.45, 7) is 0. The number of rotatable bonds is 0. The Balaban J connectivity index is 2.00. The van der Waals surface area contributed by atoms with Crippen LogP contribution in [0.4, 0.5) is 5.69 Å². The van der Waals surface area contributed by atoms with Gasteiger partial charge in [0, 0.05) is 5.57 Å². The standard InChI is InChI=1S/C16H9NO4/c18-11-7-13-14(16(20)15(11)19)8-5-6-9(8)17-10-3-1-2-4-12(10)21-13/h1-7,11,18H/b14-8+,17-9?. The summed E-state index contributed by atoms with van der Waals surface area (Å²) in [7, 11) is 0. The van der Waals surface area contributed by atoms with Gasteiger partial charge in [0.25, 0.3) is 0 Å². The Bertz CT molecular complexity index is 826. The molecule has 0 spiro atoms. The van der Waals surface area contributed by atoms with Crippen molar-refractivity contribution < 1.29 is 19.4 Å². The number of nitrogens with zero attached hydrogens (tertiary/aromatic N) is 1. The van der Waals surface area contributed by atoms with Crippen LogP contribution in [0.5, 0.6) is 5.75 Å². The van der Waals surface area contributed by atoms with Crippen molar-refractivity contribution in [3.05, 3.63) is 59.4 Å². The van der Waals surface area contributed by atoms with Gasteiger partial charge in [0.1, 0.15) is 17.6 Å². The Labute approximate surface area is 119 Å². The minimum atomic E-state index is -1.46. The lowest BCUT2D eigenvalue weighted by molar-refractivity contribution is -0.138. The zero-order valence-corrected chi connectivity index (χ0v) is 10.7. The lowest BCUT2D eigenvalue weighted by atomic mass is 9.85. The maximum atomic E-state index is 12.2. The number of hydrogen-bond donors (Lipinski definition) is 1. The van der Waals surface area contributed by atoms with Crippen molar-refractivity contribution in [1.29, 1.82) is 0 Å². The van der Waals surface area contributed by atoms with Crippen LogP contribution in [0.25, 0.3) is 0 Å². The number of aliphatic hydroxyl groups is 1. The molecule has 4 rings (SSSR count). The number of Topliss-reactive ketones (excluding diaryl/α,β-unsaturated/α-hetero) is 2. The number of benzene rings is 1. The zero-order chi connectivity index (χ0) is 14.6. The van der Waals surface area contributed by atoms with Gasteiger partial charge in [-0.15, -0.1) is 0 Å². The van der Waals surface area contributed by atoms with Crippen LogP contribution in [0.1, 0.15) is 0 Å². The van der Waals surface area contributed by atoms with Gasteiger partial charge in [-0.05, 0) is 30.4 Å². The number of aliphatic hydroxyl groups excluding tert-OH is 1. The van der Waals surface area contributed by atoms with E-state index in [9.17, 15) is 14.7 Å². The van der Waals surface area contributed by atoms with E-state index in [1.807, 2.05) is 6.07 Å². The number of aliphatic imine (C=N–C) groups is 1. The second-order valence-corrected chi connectivity index (χ2v) is 4.86. The highest BCUT2D eigenvalue weighted by Gasteiger charge is 2.38. The van der Waals surface area contributed by atoms with E-state index in [1.165, 1.54) is 6.08 Å². The molecule has 1 heterocycles. The maximum Gasteiger partial charge on any atom is 0.236 e. The molecule has 5 nitrogen and oxygen atoms in total. The van der Waals surface area contributed by atoms with E-state index < -0.39 is 17.7 Å². The lowest BCUT2D eigenvalue weighted by Gasteiger charge is -2.26. The smallest absolute Gasteiger partial charge is 0.236 e. The Morgan fingerprint density at radius 2 is 1.95 bits per heavy atom. The van der Waals surface area contributed by atoms with Crippen molar-refractivity contribution >= 4 is 23.0 Å². The van der Waals surface area contributed by atoms with Gasteiger partial charge < -0.3 is 9.84 Å². The van der Waals surface area contributed by atoms with Gasteiger partial charge in [0.05, 0.1) is 11.3 Å². The molecule has 1 N–H and O–H groups in total. The van der Waals surface area contributed by atoms with E-state index in [-0.39, 0.29) is 11.3 Å². The minimum Gasteiger partial charge on any atom is -0.455 e. The first kappa shape index (κ1) is 12.0. The molecule has 0 amide bonds. The van der Waals surface area contributed by atoms with E-state index >= 15 is 0 Å². The van der Waals surface area contributed by atoms with Crippen molar-refractivity contribution in [1.82, 2.24) is 0 Å². The van der Waals surface area contributed by atoms with Gasteiger partial charge in [-0.25, -0.2) is 4.99 Å². The summed E-state index contributed by atoms with van der Waals surface area (Å²) >= 11 is 0.